The summed E-state index contributed by atoms with van der Waals surface area (Å²) in [6.45, 7) is 0.850. The molecule has 1 aromatic carbocycles. The van der Waals surface area contributed by atoms with E-state index in [1.807, 2.05) is 6.07 Å². The van der Waals surface area contributed by atoms with Gasteiger partial charge in [-0.2, -0.15) is 0 Å². The number of rotatable bonds is 11. The SMILES string of the molecule is O=C(NCc1ccccn1)C(=O)[C@@H](Cc1ccccc1)NC(=O)[C@H](NC(=O)C1CCC(F)(F)CC1)C1CCOCC1. The Balaban J connectivity index is 1.48. The molecular formula is C30H36F2N4O5. The number of Topliss-reactive ketones (excluding diaryl/α,β-unsaturated/α-hetero) is 1. The fourth-order valence-electron chi connectivity index (χ4n) is 5.26. The second kappa shape index (κ2) is 14.2. The normalized spacial score (nSPS) is 19.0. The number of ketones is 1. The van der Waals surface area contributed by atoms with Crippen molar-refractivity contribution in [3.8, 4) is 0 Å². The first-order valence-electron chi connectivity index (χ1n) is 14.0. The van der Waals surface area contributed by atoms with Gasteiger partial charge in [-0.25, -0.2) is 8.78 Å². The van der Waals surface area contributed by atoms with Crippen LogP contribution in [0.25, 0.3) is 0 Å². The van der Waals surface area contributed by atoms with Crippen molar-refractivity contribution in [2.45, 2.75) is 69.5 Å². The molecule has 3 N–H and O–H groups in total. The van der Waals surface area contributed by atoms with E-state index in [1.165, 1.54) is 0 Å². The first-order valence-corrected chi connectivity index (χ1v) is 14.0. The maximum absolute atomic E-state index is 13.7. The molecule has 0 radical (unpaired) electrons. The van der Waals surface area contributed by atoms with Gasteiger partial charge >= 0.3 is 0 Å². The largest absolute Gasteiger partial charge is 0.381 e. The third-order valence-electron chi connectivity index (χ3n) is 7.70. The van der Waals surface area contributed by atoms with Crippen molar-refractivity contribution in [1.82, 2.24) is 20.9 Å². The Labute approximate surface area is 237 Å². The van der Waals surface area contributed by atoms with Crippen LogP contribution < -0.4 is 16.0 Å². The average Bonchev–Trinajstić information content (AvgIpc) is 2.99. The number of nitrogens with zero attached hydrogens (tertiary/aromatic N) is 1. The van der Waals surface area contributed by atoms with Gasteiger partial charge in [-0.3, -0.25) is 24.2 Å². The molecule has 2 atom stereocenters. The highest BCUT2D eigenvalue weighted by atomic mass is 19.3. The smallest absolute Gasteiger partial charge is 0.289 e. The lowest BCUT2D eigenvalue weighted by molar-refractivity contribution is -0.141. The zero-order chi connectivity index (χ0) is 29.2. The van der Waals surface area contributed by atoms with E-state index in [2.05, 4.69) is 20.9 Å². The second-order valence-electron chi connectivity index (χ2n) is 10.7. The zero-order valence-electron chi connectivity index (χ0n) is 22.8. The number of alkyl halides is 2. The molecule has 1 aromatic heterocycles. The van der Waals surface area contributed by atoms with Crippen molar-refractivity contribution in [2.75, 3.05) is 13.2 Å². The quantitative estimate of drug-likeness (QED) is 0.357. The predicted molar refractivity (Wildman–Crippen MR) is 146 cm³/mol. The van der Waals surface area contributed by atoms with Gasteiger partial charge in [0.25, 0.3) is 5.91 Å². The van der Waals surface area contributed by atoms with Crippen molar-refractivity contribution in [3.63, 3.8) is 0 Å². The van der Waals surface area contributed by atoms with Crippen LogP contribution in [0.2, 0.25) is 0 Å². The fraction of sp³-hybridized carbons (Fsp3) is 0.500. The molecule has 0 unspecified atom stereocenters. The number of hydrogen-bond acceptors (Lipinski definition) is 6. The van der Waals surface area contributed by atoms with Crippen LogP contribution in [0.3, 0.4) is 0 Å². The van der Waals surface area contributed by atoms with Gasteiger partial charge in [0.05, 0.1) is 12.2 Å². The molecule has 220 valence electrons. The number of carbonyl (C=O) groups is 4. The van der Waals surface area contributed by atoms with E-state index in [1.54, 1.807) is 48.7 Å². The van der Waals surface area contributed by atoms with Crippen molar-refractivity contribution in [1.29, 1.82) is 0 Å². The minimum Gasteiger partial charge on any atom is -0.381 e. The number of pyridine rings is 1. The molecule has 2 aliphatic rings. The number of amides is 3. The Hall–Kier alpha value is -3.73. The van der Waals surface area contributed by atoms with E-state index in [4.69, 9.17) is 4.74 Å². The van der Waals surface area contributed by atoms with Gasteiger partial charge in [0, 0.05) is 44.6 Å². The molecule has 2 aromatic rings. The van der Waals surface area contributed by atoms with Crippen molar-refractivity contribution in [2.24, 2.45) is 11.8 Å². The molecule has 9 nitrogen and oxygen atoms in total. The summed E-state index contributed by atoms with van der Waals surface area (Å²) in [5.74, 6) is -6.43. The molecule has 1 saturated heterocycles. The summed E-state index contributed by atoms with van der Waals surface area (Å²) in [5, 5.41) is 8.08. The number of nitrogens with one attached hydrogen (secondary N) is 3. The highest BCUT2D eigenvalue weighted by Crippen LogP contribution is 2.36. The number of hydrogen-bond donors (Lipinski definition) is 3. The number of ether oxygens (including phenoxy) is 1. The van der Waals surface area contributed by atoms with Crippen molar-refractivity contribution in [3.05, 3.63) is 66.0 Å². The van der Waals surface area contributed by atoms with Crippen LogP contribution in [-0.4, -0.2) is 59.7 Å². The Morgan fingerprint density at radius 3 is 2.27 bits per heavy atom. The van der Waals surface area contributed by atoms with Crippen molar-refractivity contribution >= 4 is 23.5 Å². The lowest BCUT2D eigenvalue weighted by atomic mass is 9.85. The number of halogens is 2. The summed E-state index contributed by atoms with van der Waals surface area (Å²) >= 11 is 0. The molecular weight excluding hydrogens is 534 g/mol. The summed E-state index contributed by atoms with van der Waals surface area (Å²) < 4.78 is 32.7. The van der Waals surface area contributed by atoms with Crippen LogP contribution in [0.15, 0.2) is 54.7 Å². The molecule has 11 heteroatoms. The first kappa shape index (κ1) is 30.2. The highest BCUT2D eigenvalue weighted by Gasteiger charge is 2.40. The van der Waals surface area contributed by atoms with E-state index < -0.39 is 47.4 Å². The van der Waals surface area contributed by atoms with Gasteiger partial charge in [0.1, 0.15) is 12.1 Å². The van der Waals surface area contributed by atoms with E-state index in [0.717, 1.165) is 5.56 Å². The number of aromatic nitrogens is 1. The summed E-state index contributed by atoms with van der Waals surface area (Å²) in [4.78, 5) is 57.1. The summed E-state index contributed by atoms with van der Waals surface area (Å²) in [6.07, 6.45) is 1.96. The fourth-order valence-corrected chi connectivity index (χ4v) is 5.26. The molecule has 1 aliphatic heterocycles. The molecule has 2 fully saturated rings. The van der Waals surface area contributed by atoms with E-state index in [-0.39, 0.29) is 44.6 Å². The number of carbonyl (C=O) groups excluding carboxylic acids is 4. The van der Waals surface area contributed by atoms with Crippen molar-refractivity contribution < 1.29 is 32.7 Å². The highest BCUT2D eigenvalue weighted by molar-refractivity contribution is 6.38. The topological polar surface area (TPSA) is 126 Å². The summed E-state index contributed by atoms with van der Waals surface area (Å²) in [5.41, 5.74) is 1.30. The molecule has 1 saturated carbocycles. The Morgan fingerprint density at radius 1 is 0.927 bits per heavy atom. The Morgan fingerprint density at radius 2 is 1.61 bits per heavy atom. The minimum absolute atomic E-state index is 0.0342. The molecule has 41 heavy (non-hydrogen) atoms. The number of benzene rings is 1. The minimum atomic E-state index is -2.78. The van der Waals surface area contributed by atoms with Gasteiger partial charge in [0.15, 0.2) is 0 Å². The average molecular weight is 571 g/mol. The Kier molecular flexibility index (Phi) is 10.5. The van der Waals surface area contributed by atoms with Crippen LogP contribution in [0.4, 0.5) is 8.78 Å². The van der Waals surface area contributed by atoms with Gasteiger partial charge in [0.2, 0.25) is 23.5 Å². The maximum Gasteiger partial charge on any atom is 0.289 e. The molecule has 2 heterocycles. The van der Waals surface area contributed by atoms with Gasteiger partial charge < -0.3 is 20.7 Å². The van der Waals surface area contributed by atoms with E-state index in [9.17, 15) is 28.0 Å². The maximum atomic E-state index is 13.7. The van der Waals surface area contributed by atoms with E-state index >= 15 is 0 Å². The zero-order valence-corrected chi connectivity index (χ0v) is 22.8. The lowest BCUT2D eigenvalue weighted by Gasteiger charge is -2.33. The standard InChI is InChI=1S/C30H36F2N4O5/c31-30(32)13-9-22(10-14-30)27(38)36-25(21-11-16-41-17-12-21)28(39)35-24(18-20-6-2-1-3-7-20)26(37)29(40)34-19-23-8-4-5-15-33-23/h1-8,15,21-22,24-25H,9-14,16-19H2,(H,34,40)(H,35,39)(H,36,38)/t24-,25-/m1/s1. The third kappa shape index (κ3) is 8.88. The van der Waals surface area contributed by atoms with Crippen LogP contribution in [0.5, 0.6) is 0 Å². The van der Waals surface area contributed by atoms with Crippen LogP contribution >= 0.6 is 0 Å². The van der Waals surface area contributed by atoms with Gasteiger partial charge in [-0.1, -0.05) is 36.4 Å². The lowest BCUT2D eigenvalue weighted by Crippen LogP contribution is -2.58. The first-order chi connectivity index (χ1) is 19.7. The second-order valence-corrected chi connectivity index (χ2v) is 10.7. The Bertz CT molecular complexity index is 1180. The molecule has 3 amide bonds. The summed E-state index contributed by atoms with van der Waals surface area (Å²) in [7, 11) is 0. The van der Waals surface area contributed by atoms with Gasteiger partial charge in [-0.05, 0) is 49.3 Å². The van der Waals surface area contributed by atoms with Gasteiger partial charge in [-0.15, -0.1) is 0 Å². The summed E-state index contributed by atoms with van der Waals surface area (Å²) in [6, 6.07) is 12.0. The molecule has 0 bridgehead atoms. The molecule has 4 rings (SSSR count). The van der Waals surface area contributed by atoms with Crippen LogP contribution in [0, 0.1) is 11.8 Å². The predicted octanol–water partition coefficient (Wildman–Crippen LogP) is 2.73. The van der Waals surface area contributed by atoms with E-state index in [0.29, 0.717) is 31.7 Å². The van der Waals surface area contributed by atoms with Crippen LogP contribution in [0.1, 0.15) is 49.8 Å². The monoisotopic (exact) mass is 570 g/mol. The van der Waals surface area contributed by atoms with Crippen LogP contribution in [-0.2, 0) is 36.9 Å². The molecule has 0 spiro atoms. The third-order valence-corrected chi connectivity index (χ3v) is 7.70. The molecule has 1 aliphatic carbocycles.